The first-order valence-corrected chi connectivity index (χ1v) is 10.6. The van der Waals surface area contributed by atoms with Gasteiger partial charge in [-0.2, -0.15) is 0 Å². The SMILES string of the molecule is COc1ccc2[nH]cc(CCNC(=O)CN3C(=O)S/C(=C\c4cccn4C)C3=O)c2c1. The highest BCUT2D eigenvalue weighted by Gasteiger charge is 2.36. The number of methoxy groups -OCH3 is 1. The Hall–Kier alpha value is -3.46. The summed E-state index contributed by atoms with van der Waals surface area (Å²) in [5.41, 5.74) is 2.85. The zero-order valence-electron chi connectivity index (χ0n) is 17.2. The van der Waals surface area contributed by atoms with Crippen LogP contribution in [-0.4, -0.2) is 51.7 Å². The summed E-state index contributed by atoms with van der Waals surface area (Å²) in [5.74, 6) is -0.0601. The molecule has 0 spiro atoms. The molecule has 1 saturated heterocycles. The number of amides is 3. The van der Waals surface area contributed by atoms with Crippen LogP contribution in [0.2, 0.25) is 0 Å². The second-order valence-electron chi connectivity index (χ2n) is 7.14. The summed E-state index contributed by atoms with van der Waals surface area (Å²) in [4.78, 5) is 41.6. The van der Waals surface area contributed by atoms with Crippen molar-refractivity contribution in [3.05, 3.63) is 58.9 Å². The number of hydrogen-bond donors (Lipinski definition) is 2. The average Bonchev–Trinajstić information content (AvgIpc) is 3.42. The number of rotatable bonds is 7. The van der Waals surface area contributed by atoms with E-state index in [2.05, 4.69) is 10.3 Å². The van der Waals surface area contributed by atoms with Crippen LogP contribution in [0, 0.1) is 0 Å². The Balaban J connectivity index is 1.34. The monoisotopic (exact) mass is 438 g/mol. The van der Waals surface area contributed by atoms with Crippen LogP contribution >= 0.6 is 11.8 Å². The maximum Gasteiger partial charge on any atom is 0.294 e. The van der Waals surface area contributed by atoms with Crippen molar-refractivity contribution in [1.29, 1.82) is 0 Å². The Kier molecular flexibility index (Phi) is 5.85. The van der Waals surface area contributed by atoms with Crippen molar-refractivity contribution in [3.63, 3.8) is 0 Å². The molecule has 0 radical (unpaired) electrons. The van der Waals surface area contributed by atoms with Crippen molar-refractivity contribution in [3.8, 4) is 5.75 Å². The number of carbonyl (C=O) groups is 3. The zero-order valence-corrected chi connectivity index (χ0v) is 18.0. The Morgan fingerprint density at radius 1 is 1.29 bits per heavy atom. The molecule has 1 aromatic carbocycles. The summed E-state index contributed by atoms with van der Waals surface area (Å²) < 4.78 is 7.12. The van der Waals surface area contributed by atoms with Crippen LogP contribution < -0.4 is 10.1 Å². The minimum atomic E-state index is -0.449. The maximum absolute atomic E-state index is 12.6. The van der Waals surface area contributed by atoms with E-state index in [0.717, 1.165) is 44.6 Å². The van der Waals surface area contributed by atoms with Crippen molar-refractivity contribution in [2.75, 3.05) is 20.2 Å². The third kappa shape index (κ3) is 4.36. The number of carbonyl (C=O) groups excluding carboxylic acids is 3. The van der Waals surface area contributed by atoms with Crippen molar-refractivity contribution in [2.24, 2.45) is 7.05 Å². The van der Waals surface area contributed by atoms with Crippen molar-refractivity contribution in [2.45, 2.75) is 6.42 Å². The number of imide groups is 1. The number of H-pyrrole nitrogens is 1. The molecule has 1 aliphatic heterocycles. The highest BCUT2D eigenvalue weighted by molar-refractivity contribution is 8.18. The number of fused-ring (bicyclic) bond motifs is 1. The molecule has 3 heterocycles. The van der Waals surface area contributed by atoms with Gasteiger partial charge in [0, 0.05) is 42.6 Å². The van der Waals surface area contributed by atoms with Gasteiger partial charge in [0.1, 0.15) is 12.3 Å². The van der Waals surface area contributed by atoms with E-state index in [-0.39, 0.29) is 12.5 Å². The molecule has 0 atom stereocenters. The largest absolute Gasteiger partial charge is 0.497 e. The molecule has 0 bridgehead atoms. The van der Waals surface area contributed by atoms with Crippen LogP contribution in [-0.2, 0) is 23.1 Å². The molecule has 0 unspecified atom stereocenters. The van der Waals surface area contributed by atoms with Crippen LogP contribution in [0.15, 0.2) is 47.6 Å². The fourth-order valence-corrected chi connectivity index (χ4v) is 4.25. The van der Waals surface area contributed by atoms with E-state index in [1.54, 1.807) is 13.2 Å². The third-order valence-corrected chi connectivity index (χ3v) is 6.04. The highest BCUT2D eigenvalue weighted by atomic mass is 32.2. The molecule has 31 heavy (non-hydrogen) atoms. The molecule has 3 aromatic rings. The molecule has 3 amide bonds. The zero-order chi connectivity index (χ0) is 22.0. The number of benzene rings is 1. The Bertz CT molecular complexity index is 1190. The van der Waals surface area contributed by atoms with Crippen LogP contribution in [0.5, 0.6) is 5.75 Å². The molecule has 160 valence electrons. The van der Waals surface area contributed by atoms with Gasteiger partial charge in [0.05, 0.1) is 12.0 Å². The van der Waals surface area contributed by atoms with E-state index >= 15 is 0 Å². The molecule has 4 rings (SSSR count). The van der Waals surface area contributed by atoms with Gasteiger partial charge in [-0.1, -0.05) is 0 Å². The van der Waals surface area contributed by atoms with E-state index in [1.807, 2.05) is 54.3 Å². The summed E-state index contributed by atoms with van der Waals surface area (Å²) in [6, 6.07) is 9.47. The van der Waals surface area contributed by atoms with Crippen molar-refractivity contribution in [1.82, 2.24) is 19.8 Å². The van der Waals surface area contributed by atoms with Gasteiger partial charge in [0.15, 0.2) is 0 Å². The lowest BCUT2D eigenvalue weighted by Crippen LogP contribution is -2.40. The first kappa shape index (κ1) is 20.8. The molecule has 1 fully saturated rings. The summed E-state index contributed by atoms with van der Waals surface area (Å²) in [7, 11) is 3.47. The smallest absolute Gasteiger partial charge is 0.294 e. The molecule has 0 aliphatic carbocycles. The van der Waals surface area contributed by atoms with Gasteiger partial charge in [-0.25, -0.2) is 0 Å². The average molecular weight is 439 g/mol. The molecule has 9 heteroatoms. The van der Waals surface area contributed by atoms with Gasteiger partial charge in [-0.15, -0.1) is 0 Å². The summed E-state index contributed by atoms with van der Waals surface area (Å²) in [5, 5.41) is 3.38. The van der Waals surface area contributed by atoms with Crippen LogP contribution in [0.3, 0.4) is 0 Å². The number of aromatic amines is 1. The Morgan fingerprint density at radius 2 is 2.13 bits per heavy atom. The number of aryl methyl sites for hydroxylation is 1. The number of nitrogens with zero attached hydrogens (tertiary/aromatic N) is 2. The van der Waals surface area contributed by atoms with Gasteiger partial charge in [-0.05, 0) is 60.2 Å². The minimum Gasteiger partial charge on any atom is -0.497 e. The fraction of sp³-hybridized carbons (Fsp3) is 0.227. The van der Waals surface area contributed by atoms with Crippen LogP contribution in [0.1, 0.15) is 11.3 Å². The fourth-order valence-electron chi connectivity index (χ4n) is 3.42. The number of ether oxygens (including phenoxy) is 1. The maximum atomic E-state index is 12.6. The molecule has 8 nitrogen and oxygen atoms in total. The quantitative estimate of drug-likeness (QED) is 0.553. The minimum absolute atomic E-state index is 0.295. The van der Waals surface area contributed by atoms with Gasteiger partial charge in [-0.3, -0.25) is 19.3 Å². The normalized spacial score (nSPS) is 15.3. The van der Waals surface area contributed by atoms with Crippen LogP contribution in [0.4, 0.5) is 4.79 Å². The van der Waals surface area contributed by atoms with Gasteiger partial charge < -0.3 is 19.6 Å². The molecule has 2 aromatic heterocycles. The van der Waals surface area contributed by atoms with Crippen LogP contribution in [0.25, 0.3) is 17.0 Å². The van der Waals surface area contributed by atoms with Crippen molar-refractivity contribution >= 4 is 45.8 Å². The first-order chi connectivity index (χ1) is 15.0. The van der Waals surface area contributed by atoms with Crippen molar-refractivity contribution < 1.29 is 19.1 Å². The second kappa shape index (κ2) is 8.73. The topological polar surface area (TPSA) is 96.4 Å². The number of nitrogens with one attached hydrogen (secondary N) is 2. The predicted octanol–water partition coefficient (Wildman–Crippen LogP) is 2.91. The highest BCUT2D eigenvalue weighted by Crippen LogP contribution is 2.32. The number of aromatic nitrogens is 2. The predicted molar refractivity (Wildman–Crippen MR) is 120 cm³/mol. The molecular formula is C22H22N4O4S. The molecule has 2 N–H and O–H groups in total. The summed E-state index contributed by atoms with van der Waals surface area (Å²) in [6.45, 7) is 0.0925. The third-order valence-electron chi connectivity index (χ3n) is 5.13. The molecule has 0 saturated carbocycles. The van der Waals surface area contributed by atoms with Gasteiger partial charge in [0.2, 0.25) is 5.91 Å². The first-order valence-electron chi connectivity index (χ1n) is 9.73. The van der Waals surface area contributed by atoms with Gasteiger partial charge >= 0.3 is 0 Å². The van der Waals surface area contributed by atoms with E-state index in [1.165, 1.54) is 0 Å². The number of thioether (sulfide) groups is 1. The molecule has 1 aliphatic rings. The van der Waals surface area contributed by atoms with E-state index < -0.39 is 11.1 Å². The lowest BCUT2D eigenvalue weighted by molar-refractivity contribution is -0.129. The van der Waals surface area contributed by atoms with Gasteiger partial charge in [0.25, 0.3) is 11.1 Å². The standard InChI is InChI=1S/C22H22N4O4S/c1-25-9-3-4-15(25)10-19-21(28)26(22(29)31-19)13-20(27)23-8-7-14-12-24-18-6-5-16(30-2)11-17(14)18/h3-6,9-12,24H,7-8,13H2,1-2H3,(H,23,27)/b19-10-. The van der Waals surface area contributed by atoms with E-state index in [4.69, 9.17) is 4.74 Å². The summed E-state index contributed by atoms with van der Waals surface area (Å²) >= 11 is 0.847. The lowest BCUT2D eigenvalue weighted by atomic mass is 10.1. The number of hydrogen-bond acceptors (Lipinski definition) is 5. The summed E-state index contributed by atoms with van der Waals surface area (Å²) in [6.07, 6.45) is 6.02. The Labute approximate surface area is 183 Å². The Morgan fingerprint density at radius 3 is 2.87 bits per heavy atom. The second-order valence-corrected chi connectivity index (χ2v) is 8.13. The van der Waals surface area contributed by atoms with E-state index in [0.29, 0.717) is 17.9 Å². The lowest BCUT2D eigenvalue weighted by Gasteiger charge is -2.12. The van der Waals surface area contributed by atoms with E-state index in [9.17, 15) is 14.4 Å². The molecular weight excluding hydrogens is 416 g/mol.